The van der Waals surface area contributed by atoms with Crippen molar-refractivity contribution in [3.63, 3.8) is 0 Å². The van der Waals surface area contributed by atoms with Gasteiger partial charge >= 0.3 is 5.97 Å². The maximum absolute atomic E-state index is 11.3. The van der Waals surface area contributed by atoms with E-state index in [2.05, 4.69) is 0 Å². The van der Waals surface area contributed by atoms with Crippen molar-refractivity contribution in [2.45, 2.75) is 45.6 Å². The van der Waals surface area contributed by atoms with Crippen molar-refractivity contribution < 1.29 is 14.3 Å². The quantitative estimate of drug-likeness (QED) is 0.674. The molecule has 0 aromatic heterocycles. The number of rotatable bonds is 4. The van der Waals surface area contributed by atoms with Crippen LogP contribution in [-0.4, -0.2) is 25.8 Å². The number of carbonyl (C=O) groups is 1. The van der Waals surface area contributed by atoms with E-state index < -0.39 is 0 Å². The van der Waals surface area contributed by atoms with Crippen LogP contribution in [0.3, 0.4) is 0 Å². The molecule has 1 fully saturated rings. The van der Waals surface area contributed by atoms with Crippen LogP contribution in [-0.2, 0) is 14.3 Å². The number of hydrogen-bond donors (Lipinski definition) is 0. The normalized spacial score (nSPS) is 26.7. The summed E-state index contributed by atoms with van der Waals surface area (Å²) < 4.78 is 10.5. The maximum Gasteiger partial charge on any atom is 0.308 e. The molecular formula is C12H22O3. The zero-order valence-electron chi connectivity index (χ0n) is 9.99. The summed E-state index contributed by atoms with van der Waals surface area (Å²) >= 11 is 0. The maximum atomic E-state index is 11.3. The Morgan fingerprint density at radius 3 is 2.33 bits per heavy atom. The molecule has 0 unspecified atom stereocenters. The van der Waals surface area contributed by atoms with Crippen molar-refractivity contribution in [2.75, 3.05) is 13.7 Å². The molecule has 0 aromatic carbocycles. The minimum atomic E-state index is -0.0798. The van der Waals surface area contributed by atoms with E-state index in [9.17, 15) is 4.79 Å². The van der Waals surface area contributed by atoms with Gasteiger partial charge in [-0.05, 0) is 31.6 Å². The molecule has 3 nitrogen and oxygen atoms in total. The van der Waals surface area contributed by atoms with Crippen LogP contribution in [0.5, 0.6) is 0 Å². The average Bonchev–Trinajstić information content (AvgIpc) is 2.26. The second kappa shape index (κ2) is 6.11. The highest BCUT2D eigenvalue weighted by Gasteiger charge is 2.22. The van der Waals surface area contributed by atoms with E-state index in [0.29, 0.717) is 18.6 Å². The highest BCUT2D eigenvalue weighted by atomic mass is 16.5. The van der Waals surface area contributed by atoms with Gasteiger partial charge in [-0.15, -0.1) is 0 Å². The lowest BCUT2D eigenvalue weighted by Crippen LogP contribution is -2.25. The lowest BCUT2D eigenvalue weighted by atomic mass is 9.88. The van der Waals surface area contributed by atoms with Gasteiger partial charge in [0.2, 0.25) is 0 Å². The molecule has 1 aliphatic rings. The molecule has 0 heterocycles. The first kappa shape index (κ1) is 12.5. The van der Waals surface area contributed by atoms with Crippen LogP contribution >= 0.6 is 0 Å². The lowest BCUT2D eigenvalue weighted by molar-refractivity contribution is -0.149. The van der Waals surface area contributed by atoms with Crippen molar-refractivity contribution >= 4 is 5.97 Å². The summed E-state index contributed by atoms with van der Waals surface area (Å²) in [5, 5.41) is 0. The molecule has 1 rings (SSSR count). The van der Waals surface area contributed by atoms with Crippen molar-refractivity contribution in [2.24, 2.45) is 11.8 Å². The molecule has 0 amide bonds. The van der Waals surface area contributed by atoms with Crippen LogP contribution in [0.1, 0.15) is 39.5 Å². The second-order valence-corrected chi connectivity index (χ2v) is 4.66. The first-order chi connectivity index (χ1) is 7.13. The van der Waals surface area contributed by atoms with Crippen molar-refractivity contribution in [1.82, 2.24) is 0 Å². The molecule has 0 atom stereocenters. The van der Waals surface area contributed by atoms with E-state index in [0.717, 1.165) is 25.7 Å². The average molecular weight is 214 g/mol. The minimum absolute atomic E-state index is 0.0136. The molecule has 3 heteroatoms. The highest BCUT2D eigenvalue weighted by molar-refractivity contribution is 5.71. The third-order valence-corrected chi connectivity index (χ3v) is 3.06. The monoisotopic (exact) mass is 214 g/mol. The Hall–Kier alpha value is -0.570. The van der Waals surface area contributed by atoms with Gasteiger partial charge in [-0.3, -0.25) is 4.79 Å². The van der Waals surface area contributed by atoms with Gasteiger partial charge < -0.3 is 9.47 Å². The first-order valence-electron chi connectivity index (χ1n) is 5.83. The Labute approximate surface area is 92.1 Å². The first-order valence-corrected chi connectivity index (χ1v) is 5.83. The Balaban J connectivity index is 2.16. The Morgan fingerprint density at radius 2 is 1.87 bits per heavy atom. The summed E-state index contributed by atoms with van der Waals surface area (Å²) in [5.41, 5.74) is 0. The van der Waals surface area contributed by atoms with Crippen LogP contribution in [0, 0.1) is 11.8 Å². The van der Waals surface area contributed by atoms with Crippen molar-refractivity contribution in [3.8, 4) is 0 Å². The predicted molar refractivity (Wildman–Crippen MR) is 58.6 cm³/mol. The van der Waals surface area contributed by atoms with Gasteiger partial charge in [0.05, 0.1) is 18.6 Å². The fourth-order valence-electron chi connectivity index (χ4n) is 1.90. The van der Waals surface area contributed by atoms with Crippen LogP contribution < -0.4 is 0 Å². The van der Waals surface area contributed by atoms with Crippen LogP contribution in [0.25, 0.3) is 0 Å². The molecule has 15 heavy (non-hydrogen) atoms. The van der Waals surface area contributed by atoms with Crippen LogP contribution in [0.2, 0.25) is 0 Å². The van der Waals surface area contributed by atoms with Gasteiger partial charge in [-0.1, -0.05) is 13.8 Å². The SMILES string of the molecule is COC1CCC(COC(=O)C(C)C)CC1. The summed E-state index contributed by atoms with van der Waals surface area (Å²) in [5.74, 6) is 0.447. The smallest absolute Gasteiger partial charge is 0.308 e. The summed E-state index contributed by atoms with van der Waals surface area (Å²) in [4.78, 5) is 11.3. The van der Waals surface area contributed by atoms with Gasteiger partial charge in [-0.2, -0.15) is 0 Å². The standard InChI is InChI=1S/C12H22O3/c1-9(2)12(13)15-8-10-4-6-11(14-3)7-5-10/h9-11H,4-8H2,1-3H3. The molecule has 0 bridgehead atoms. The van der Waals surface area contributed by atoms with E-state index >= 15 is 0 Å². The molecule has 1 saturated carbocycles. The molecule has 1 aliphatic carbocycles. The summed E-state index contributed by atoms with van der Waals surface area (Å²) in [6, 6.07) is 0. The van der Waals surface area contributed by atoms with Gasteiger partial charge in [0, 0.05) is 7.11 Å². The van der Waals surface area contributed by atoms with Crippen LogP contribution in [0.15, 0.2) is 0 Å². The van der Waals surface area contributed by atoms with Gasteiger partial charge in [-0.25, -0.2) is 0 Å². The molecule has 0 aliphatic heterocycles. The second-order valence-electron chi connectivity index (χ2n) is 4.66. The molecule has 0 saturated heterocycles. The summed E-state index contributed by atoms with van der Waals surface area (Å²) in [6.07, 6.45) is 4.84. The fourth-order valence-corrected chi connectivity index (χ4v) is 1.90. The van der Waals surface area contributed by atoms with E-state index in [1.54, 1.807) is 7.11 Å². The van der Waals surface area contributed by atoms with Crippen molar-refractivity contribution in [3.05, 3.63) is 0 Å². The molecule has 0 N–H and O–H groups in total. The Bertz CT molecular complexity index is 193. The summed E-state index contributed by atoms with van der Waals surface area (Å²) in [7, 11) is 1.77. The largest absolute Gasteiger partial charge is 0.465 e. The highest BCUT2D eigenvalue weighted by Crippen LogP contribution is 2.26. The molecular weight excluding hydrogens is 192 g/mol. The van der Waals surface area contributed by atoms with Crippen LogP contribution in [0.4, 0.5) is 0 Å². The topological polar surface area (TPSA) is 35.5 Å². The molecule has 0 radical (unpaired) electrons. The number of carbonyl (C=O) groups excluding carboxylic acids is 1. The Kier molecular flexibility index (Phi) is 5.09. The molecule has 0 aromatic rings. The zero-order chi connectivity index (χ0) is 11.3. The number of methoxy groups -OCH3 is 1. The van der Waals surface area contributed by atoms with Gasteiger partial charge in [0.15, 0.2) is 0 Å². The zero-order valence-corrected chi connectivity index (χ0v) is 9.99. The lowest BCUT2D eigenvalue weighted by Gasteiger charge is -2.27. The van der Waals surface area contributed by atoms with Crippen molar-refractivity contribution in [1.29, 1.82) is 0 Å². The number of esters is 1. The Morgan fingerprint density at radius 1 is 1.27 bits per heavy atom. The van der Waals surface area contributed by atoms with Gasteiger partial charge in [0.1, 0.15) is 0 Å². The molecule has 0 spiro atoms. The molecule has 88 valence electrons. The van der Waals surface area contributed by atoms with E-state index in [1.807, 2.05) is 13.8 Å². The van der Waals surface area contributed by atoms with Gasteiger partial charge in [0.25, 0.3) is 0 Å². The number of ether oxygens (including phenoxy) is 2. The predicted octanol–water partition coefficient (Wildman–Crippen LogP) is 2.39. The number of hydrogen-bond acceptors (Lipinski definition) is 3. The van der Waals surface area contributed by atoms with E-state index in [-0.39, 0.29) is 11.9 Å². The van der Waals surface area contributed by atoms with E-state index in [4.69, 9.17) is 9.47 Å². The fraction of sp³-hybridized carbons (Fsp3) is 0.917. The minimum Gasteiger partial charge on any atom is -0.465 e. The third kappa shape index (κ3) is 4.20. The third-order valence-electron chi connectivity index (χ3n) is 3.06. The van der Waals surface area contributed by atoms with E-state index in [1.165, 1.54) is 0 Å². The summed E-state index contributed by atoms with van der Waals surface area (Å²) in [6.45, 7) is 4.32.